The van der Waals surface area contributed by atoms with Crippen molar-refractivity contribution in [2.24, 2.45) is 0 Å². The summed E-state index contributed by atoms with van der Waals surface area (Å²) < 4.78 is 10.2. The van der Waals surface area contributed by atoms with E-state index in [1.165, 1.54) is 0 Å². The monoisotopic (exact) mass is 303 g/mol. The Morgan fingerprint density at radius 3 is 2.50 bits per heavy atom. The van der Waals surface area contributed by atoms with Crippen LogP contribution in [0.1, 0.15) is 13.3 Å². The molecule has 0 aromatic carbocycles. The number of aromatic nitrogens is 3. The Labute approximate surface area is 124 Å². The molecule has 0 saturated heterocycles. The fourth-order valence-corrected chi connectivity index (χ4v) is 1.79. The Kier molecular flexibility index (Phi) is 8.17. The van der Waals surface area contributed by atoms with Crippen molar-refractivity contribution in [3.63, 3.8) is 0 Å². The molecule has 0 spiro atoms. The fourth-order valence-electron chi connectivity index (χ4n) is 1.63. The van der Waals surface area contributed by atoms with Crippen LogP contribution in [0.3, 0.4) is 0 Å². The maximum atomic E-state index is 5.94. The van der Waals surface area contributed by atoms with Crippen LogP contribution in [0.15, 0.2) is 0 Å². The molecule has 1 aromatic heterocycles. The molecule has 7 nitrogen and oxygen atoms in total. The van der Waals surface area contributed by atoms with Gasteiger partial charge in [0.1, 0.15) is 0 Å². The van der Waals surface area contributed by atoms with Crippen molar-refractivity contribution in [3.8, 4) is 0 Å². The summed E-state index contributed by atoms with van der Waals surface area (Å²) in [7, 11) is 3.35. The van der Waals surface area contributed by atoms with Gasteiger partial charge in [0.25, 0.3) is 0 Å². The van der Waals surface area contributed by atoms with Crippen LogP contribution in [0.25, 0.3) is 0 Å². The third-order valence-corrected chi connectivity index (χ3v) is 2.72. The predicted octanol–water partition coefficient (Wildman–Crippen LogP) is 1.45. The van der Waals surface area contributed by atoms with E-state index >= 15 is 0 Å². The average molecular weight is 304 g/mol. The largest absolute Gasteiger partial charge is 0.385 e. The van der Waals surface area contributed by atoms with Gasteiger partial charge in [0.15, 0.2) is 0 Å². The van der Waals surface area contributed by atoms with Gasteiger partial charge in [-0.3, -0.25) is 0 Å². The van der Waals surface area contributed by atoms with Crippen LogP contribution in [0.5, 0.6) is 0 Å². The molecule has 0 fully saturated rings. The van der Waals surface area contributed by atoms with Crippen LogP contribution < -0.4 is 10.2 Å². The number of anilines is 2. The van der Waals surface area contributed by atoms with Crippen molar-refractivity contribution in [3.05, 3.63) is 5.28 Å². The summed E-state index contributed by atoms with van der Waals surface area (Å²) in [5.41, 5.74) is 0. The van der Waals surface area contributed by atoms with Crippen molar-refractivity contribution in [1.29, 1.82) is 0 Å². The van der Waals surface area contributed by atoms with Gasteiger partial charge in [0.05, 0.1) is 6.61 Å². The van der Waals surface area contributed by atoms with E-state index in [1.54, 1.807) is 14.2 Å². The number of halogens is 1. The molecule has 0 bridgehead atoms. The Bertz CT molecular complexity index is 394. The van der Waals surface area contributed by atoms with Crippen molar-refractivity contribution < 1.29 is 9.47 Å². The van der Waals surface area contributed by atoms with E-state index in [9.17, 15) is 0 Å². The standard InChI is InChI=1S/C12H22ClN5O2/c1-4-14-11-15-10(13)16-12(17-11)18(7-9-20-3)6-5-8-19-2/h4-9H2,1-3H3,(H,14,15,16,17). The molecule has 1 heterocycles. The van der Waals surface area contributed by atoms with Gasteiger partial charge in [-0.2, -0.15) is 15.0 Å². The van der Waals surface area contributed by atoms with Crippen molar-refractivity contribution in [1.82, 2.24) is 15.0 Å². The first-order valence-electron chi connectivity index (χ1n) is 6.59. The lowest BCUT2D eigenvalue weighted by atomic mass is 10.4. The molecule has 114 valence electrons. The Morgan fingerprint density at radius 1 is 1.10 bits per heavy atom. The van der Waals surface area contributed by atoms with Gasteiger partial charge in [0, 0.05) is 40.5 Å². The predicted molar refractivity (Wildman–Crippen MR) is 79.6 cm³/mol. The van der Waals surface area contributed by atoms with Crippen LogP contribution in [0, 0.1) is 0 Å². The number of hydrogen-bond donors (Lipinski definition) is 1. The summed E-state index contributed by atoms with van der Waals surface area (Å²) in [6, 6.07) is 0. The molecule has 1 N–H and O–H groups in total. The van der Waals surface area contributed by atoms with Crippen LogP contribution in [0.4, 0.5) is 11.9 Å². The highest BCUT2D eigenvalue weighted by Crippen LogP contribution is 2.14. The maximum Gasteiger partial charge on any atom is 0.231 e. The third-order valence-electron chi connectivity index (χ3n) is 2.56. The molecule has 0 atom stereocenters. The summed E-state index contributed by atoms with van der Waals surface area (Å²) in [5, 5.41) is 3.22. The number of nitrogens with zero attached hydrogens (tertiary/aromatic N) is 4. The number of ether oxygens (including phenoxy) is 2. The Hall–Kier alpha value is -1.18. The smallest absolute Gasteiger partial charge is 0.231 e. The summed E-state index contributed by atoms with van der Waals surface area (Å²) in [5.74, 6) is 1.03. The van der Waals surface area contributed by atoms with Gasteiger partial charge in [0.2, 0.25) is 17.2 Å². The van der Waals surface area contributed by atoms with Crippen LogP contribution in [-0.2, 0) is 9.47 Å². The minimum atomic E-state index is 0.181. The summed E-state index contributed by atoms with van der Waals surface area (Å²) in [6.45, 7) is 5.42. The maximum absolute atomic E-state index is 5.94. The Morgan fingerprint density at radius 2 is 1.85 bits per heavy atom. The van der Waals surface area contributed by atoms with Gasteiger partial charge in [-0.15, -0.1) is 0 Å². The van der Waals surface area contributed by atoms with E-state index in [4.69, 9.17) is 21.1 Å². The number of rotatable bonds is 10. The first-order valence-corrected chi connectivity index (χ1v) is 6.97. The zero-order valence-electron chi connectivity index (χ0n) is 12.2. The van der Waals surface area contributed by atoms with Crippen molar-refractivity contribution in [2.75, 3.05) is 57.3 Å². The summed E-state index contributed by atoms with van der Waals surface area (Å²) in [4.78, 5) is 14.6. The van der Waals surface area contributed by atoms with E-state index in [2.05, 4.69) is 20.3 Å². The molecule has 0 unspecified atom stereocenters. The second kappa shape index (κ2) is 9.68. The van der Waals surface area contributed by atoms with E-state index in [0.29, 0.717) is 31.7 Å². The molecular formula is C12H22ClN5O2. The number of nitrogens with one attached hydrogen (secondary N) is 1. The van der Waals surface area contributed by atoms with Crippen LogP contribution in [-0.4, -0.2) is 62.0 Å². The average Bonchev–Trinajstić information content (AvgIpc) is 2.42. The molecule has 0 saturated carbocycles. The molecule has 1 aromatic rings. The first-order chi connectivity index (χ1) is 9.71. The molecule has 1 rings (SSSR count). The lowest BCUT2D eigenvalue weighted by Crippen LogP contribution is -2.31. The molecule has 0 aliphatic heterocycles. The van der Waals surface area contributed by atoms with Gasteiger partial charge in [-0.25, -0.2) is 0 Å². The number of hydrogen-bond acceptors (Lipinski definition) is 7. The fraction of sp³-hybridized carbons (Fsp3) is 0.750. The topological polar surface area (TPSA) is 72.4 Å². The molecule has 0 aliphatic rings. The van der Waals surface area contributed by atoms with Crippen LogP contribution >= 0.6 is 11.6 Å². The normalized spacial score (nSPS) is 10.6. The van der Waals surface area contributed by atoms with Gasteiger partial charge in [-0.05, 0) is 24.9 Å². The lowest BCUT2D eigenvalue weighted by Gasteiger charge is -2.22. The molecular weight excluding hydrogens is 282 g/mol. The molecule has 0 aliphatic carbocycles. The zero-order chi connectivity index (χ0) is 14.8. The summed E-state index contributed by atoms with van der Waals surface area (Å²) in [6.07, 6.45) is 0.875. The molecule has 8 heteroatoms. The van der Waals surface area contributed by atoms with E-state index in [0.717, 1.165) is 19.5 Å². The minimum absolute atomic E-state index is 0.181. The van der Waals surface area contributed by atoms with Gasteiger partial charge < -0.3 is 19.7 Å². The van der Waals surface area contributed by atoms with E-state index in [-0.39, 0.29) is 5.28 Å². The highest BCUT2D eigenvalue weighted by atomic mass is 35.5. The van der Waals surface area contributed by atoms with Gasteiger partial charge in [-0.1, -0.05) is 0 Å². The second-order valence-electron chi connectivity index (χ2n) is 4.08. The highest BCUT2D eigenvalue weighted by Gasteiger charge is 2.12. The van der Waals surface area contributed by atoms with E-state index in [1.807, 2.05) is 11.8 Å². The first kappa shape index (κ1) is 16.9. The minimum Gasteiger partial charge on any atom is -0.385 e. The quantitative estimate of drug-likeness (QED) is 0.656. The molecule has 0 radical (unpaired) electrons. The summed E-state index contributed by atoms with van der Waals surface area (Å²) >= 11 is 5.94. The highest BCUT2D eigenvalue weighted by molar-refractivity contribution is 6.28. The second-order valence-corrected chi connectivity index (χ2v) is 4.42. The number of methoxy groups -OCH3 is 2. The third kappa shape index (κ3) is 5.85. The van der Waals surface area contributed by atoms with Crippen molar-refractivity contribution >= 4 is 23.5 Å². The molecule has 20 heavy (non-hydrogen) atoms. The SMILES string of the molecule is CCNc1nc(Cl)nc(N(CCCOC)CCOC)n1. The zero-order valence-corrected chi connectivity index (χ0v) is 13.0. The lowest BCUT2D eigenvalue weighted by molar-refractivity contribution is 0.190. The van der Waals surface area contributed by atoms with Gasteiger partial charge >= 0.3 is 0 Å². The Balaban J connectivity index is 2.81. The van der Waals surface area contributed by atoms with Crippen LogP contribution in [0.2, 0.25) is 5.28 Å². The molecule has 0 amide bonds. The van der Waals surface area contributed by atoms with E-state index < -0.39 is 0 Å². The van der Waals surface area contributed by atoms with Crippen molar-refractivity contribution in [2.45, 2.75) is 13.3 Å².